The van der Waals surface area contributed by atoms with Crippen molar-refractivity contribution in [2.45, 2.75) is 44.7 Å². The molecule has 2 aromatic heterocycles. The fourth-order valence-electron chi connectivity index (χ4n) is 4.35. The number of hydrogen-bond acceptors (Lipinski definition) is 6. The van der Waals surface area contributed by atoms with Gasteiger partial charge < -0.3 is 19.8 Å². The number of nitrogens with zero attached hydrogens (tertiary/aromatic N) is 2. The van der Waals surface area contributed by atoms with Crippen LogP contribution in [0.5, 0.6) is 5.75 Å². The van der Waals surface area contributed by atoms with E-state index < -0.39 is 17.9 Å². The summed E-state index contributed by atoms with van der Waals surface area (Å²) in [6.07, 6.45) is 8.43. The van der Waals surface area contributed by atoms with Crippen molar-refractivity contribution in [2.24, 2.45) is 0 Å². The van der Waals surface area contributed by atoms with Gasteiger partial charge in [-0.15, -0.1) is 0 Å². The predicted molar refractivity (Wildman–Crippen MR) is 134 cm³/mol. The van der Waals surface area contributed by atoms with Crippen LogP contribution in [-0.4, -0.2) is 41.9 Å². The topological polar surface area (TPSA) is 114 Å². The lowest BCUT2D eigenvalue weighted by molar-refractivity contribution is -0.126. The largest absolute Gasteiger partial charge is 0.494 e. The van der Waals surface area contributed by atoms with Gasteiger partial charge in [-0.2, -0.15) is 0 Å². The molecule has 0 saturated heterocycles. The Morgan fingerprint density at radius 2 is 1.89 bits per heavy atom. The van der Waals surface area contributed by atoms with Crippen LogP contribution in [0.15, 0.2) is 71.6 Å². The quantitative estimate of drug-likeness (QED) is 0.449. The number of anilines is 1. The highest BCUT2D eigenvalue weighted by Crippen LogP contribution is 2.30. The summed E-state index contributed by atoms with van der Waals surface area (Å²) >= 11 is 0. The minimum Gasteiger partial charge on any atom is -0.494 e. The molecule has 3 aromatic rings. The molecule has 9 heteroatoms. The van der Waals surface area contributed by atoms with E-state index in [4.69, 9.17) is 9.15 Å². The number of ether oxygens (including phenoxy) is 1. The highest BCUT2D eigenvalue weighted by molar-refractivity contribution is 6.04. The van der Waals surface area contributed by atoms with Crippen LogP contribution in [0.2, 0.25) is 0 Å². The zero-order valence-electron chi connectivity index (χ0n) is 20.2. The number of hydrogen-bond donors (Lipinski definition) is 2. The van der Waals surface area contributed by atoms with Gasteiger partial charge in [0.15, 0.2) is 5.76 Å². The molecule has 1 fully saturated rings. The van der Waals surface area contributed by atoms with Crippen LogP contribution < -0.4 is 20.3 Å². The van der Waals surface area contributed by atoms with E-state index >= 15 is 0 Å². The number of furan rings is 1. The van der Waals surface area contributed by atoms with Crippen molar-refractivity contribution in [3.05, 3.63) is 78.5 Å². The number of rotatable bonds is 10. The molecule has 4 rings (SSSR count). The van der Waals surface area contributed by atoms with Crippen molar-refractivity contribution < 1.29 is 23.5 Å². The molecule has 0 aliphatic heterocycles. The fourth-order valence-corrected chi connectivity index (χ4v) is 4.35. The minimum atomic E-state index is -0.974. The average molecular weight is 491 g/mol. The Kier molecular flexibility index (Phi) is 8.33. The van der Waals surface area contributed by atoms with E-state index in [1.165, 1.54) is 23.4 Å². The minimum absolute atomic E-state index is 0.0622. The van der Waals surface area contributed by atoms with Gasteiger partial charge in [0.25, 0.3) is 5.91 Å². The first-order chi connectivity index (χ1) is 17.6. The van der Waals surface area contributed by atoms with E-state index in [0.29, 0.717) is 23.6 Å². The molecule has 1 aliphatic rings. The predicted octanol–water partition coefficient (Wildman–Crippen LogP) is 3.64. The summed E-state index contributed by atoms with van der Waals surface area (Å²) in [5, 5.41) is 5.71. The molecule has 1 aromatic carbocycles. The Balaban J connectivity index is 1.66. The number of pyridine rings is 1. The Bertz CT molecular complexity index is 1140. The molecule has 36 heavy (non-hydrogen) atoms. The molecule has 1 atom stereocenters. The van der Waals surface area contributed by atoms with Crippen molar-refractivity contribution in [2.75, 3.05) is 18.1 Å². The maximum atomic E-state index is 13.7. The normalized spacial score (nSPS) is 14.1. The zero-order valence-corrected chi connectivity index (χ0v) is 20.2. The van der Waals surface area contributed by atoms with E-state index in [2.05, 4.69) is 15.6 Å². The molecule has 9 nitrogen and oxygen atoms in total. The Morgan fingerprint density at radius 1 is 1.11 bits per heavy atom. The van der Waals surface area contributed by atoms with Crippen molar-refractivity contribution in [1.29, 1.82) is 0 Å². The Hall–Kier alpha value is -4.14. The first-order valence-electron chi connectivity index (χ1n) is 12.1. The molecular weight excluding hydrogens is 460 g/mol. The van der Waals surface area contributed by atoms with Crippen LogP contribution in [0.4, 0.5) is 5.69 Å². The van der Waals surface area contributed by atoms with Gasteiger partial charge in [0, 0.05) is 12.2 Å². The van der Waals surface area contributed by atoms with Crippen LogP contribution in [0.25, 0.3) is 0 Å². The van der Waals surface area contributed by atoms with Gasteiger partial charge in [-0.1, -0.05) is 25.0 Å². The van der Waals surface area contributed by atoms with E-state index in [1.807, 2.05) is 6.92 Å². The number of carbonyl (C=O) groups is 3. The summed E-state index contributed by atoms with van der Waals surface area (Å²) in [5.74, 6) is -0.518. The molecule has 3 amide bonds. The lowest BCUT2D eigenvalue weighted by Gasteiger charge is -2.32. The lowest BCUT2D eigenvalue weighted by Crippen LogP contribution is -2.49. The number of aromatic nitrogens is 1. The number of carbonyl (C=O) groups excluding carboxylic acids is 3. The van der Waals surface area contributed by atoms with E-state index in [-0.39, 0.29) is 24.3 Å². The van der Waals surface area contributed by atoms with Gasteiger partial charge in [-0.05, 0) is 61.7 Å². The van der Waals surface area contributed by atoms with Crippen molar-refractivity contribution in [3.8, 4) is 5.75 Å². The molecule has 0 radical (unpaired) electrons. The van der Waals surface area contributed by atoms with Gasteiger partial charge in [-0.3, -0.25) is 24.3 Å². The summed E-state index contributed by atoms with van der Waals surface area (Å²) < 4.78 is 10.7. The molecule has 1 saturated carbocycles. The highest BCUT2D eigenvalue weighted by atomic mass is 16.5. The Morgan fingerprint density at radius 3 is 2.53 bits per heavy atom. The van der Waals surface area contributed by atoms with Gasteiger partial charge in [0.05, 0.1) is 31.3 Å². The summed E-state index contributed by atoms with van der Waals surface area (Å²) in [4.78, 5) is 45.2. The molecule has 2 N–H and O–H groups in total. The van der Waals surface area contributed by atoms with Crippen LogP contribution >= 0.6 is 0 Å². The molecule has 0 bridgehead atoms. The second-order valence-electron chi connectivity index (χ2n) is 8.53. The first kappa shape index (κ1) is 25.0. The maximum absolute atomic E-state index is 13.7. The average Bonchev–Trinajstić information content (AvgIpc) is 3.62. The zero-order chi connectivity index (χ0) is 25.3. The number of nitrogens with one attached hydrogen (secondary N) is 2. The lowest BCUT2D eigenvalue weighted by atomic mass is 10.0. The molecule has 0 unspecified atom stereocenters. The van der Waals surface area contributed by atoms with Crippen molar-refractivity contribution in [1.82, 2.24) is 15.6 Å². The maximum Gasteiger partial charge on any atom is 0.287 e. The molecule has 188 valence electrons. The summed E-state index contributed by atoms with van der Waals surface area (Å²) in [6.45, 7) is 2.07. The van der Waals surface area contributed by atoms with Gasteiger partial charge in [0.2, 0.25) is 11.8 Å². The smallest absolute Gasteiger partial charge is 0.287 e. The summed E-state index contributed by atoms with van der Waals surface area (Å²) in [5.41, 5.74) is 1.05. The first-order valence-corrected chi connectivity index (χ1v) is 12.1. The third-order valence-corrected chi connectivity index (χ3v) is 6.05. The second-order valence-corrected chi connectivity index (χ2v) is 8.53. The standard InChI is InChI=1S/C27H30N4O5/c1-2-35-22-13-11-19(12-14-22)25(27(34)30-20-7-3-4-8-20)31(21-9-5-15-28-17-21)24(32)18-29-26(33)23-10-6-16-36-23/h5-6,9-17,20,25H,2-4,7-8,18H2,1H3,(H,29,33)(H,30,34)/t25-/m1/s1. The number of benzene rings is 1. The van der Waals surface area contributed by atoms with E-state index in [1.54, 1.807) is 48.7 Å². The van der Waals surface area contributed by atoms with Crippen LogP contribution in [0, 0.1) is 0 Å². The molecule has 2 heterocycles. The van der Waals surface area contributed by atoms with Crippen LogP contribution in [0.3, 0.4) is 0 Å². The molecule has 1 aliphatic carbocycles. The third-order valence-electron chi connectivity index (χ3n) is 6.05. The van der Waals surface area contributed by atoms with Crippen LogP contribution in [0.1, 0.15) is 54.8 Å². The summed E-state index contributed by atoms with van der Waals surface area (Å²) in [7, 11) is 0. The van der Waals surface area contributed by atoms with Gasteiger partial charge in [0.1, 0.15) is 11.8 Å². The second kappa shape index (κ2) is 12.0. The van der Waals surface area contributed by atoms with Crippen molar-refractivity contribution in [3.63, 3.8) is 0 Å². The highest BCUT2D eigenvalue weighted by Gasteiger charge is 2.34. The molecular formula is C27H30N4O5. The molecule has 0 spiro atoms. The number of amides is 3. The fraction of sp³-hybridized carbons (Fsp3) is 0.333. The van der Waals surface area contributed by atoms with E-state index in [0.717, 1.165) is 25.7 Å². The van der Waals surface area contributed by atoms with E-state index in [9.17, 15) is 14.4 Å². The van der Waals surface area contributed by atoms with Gasteiger partial charge in [-0.25, -0.2) is 0 Å². The van der Waals surface area contributed by atoms with Gasteiger partial charge >= 0.3 is 0 Å². The van der Waals surface area contributed by atoms with Crippen molar-refractivity contribution >= 4 is 23.4 Å². The Labute approximate surface area is 209 Å². The SMILES string of the molecule is CCOc1ccc([C@H](C(=O)NC2CCCC2)N(C(=O)CNC(=O)c2ccco2)c2cccnc2)cc1. The van der Waals surface area contributed by atoms with Crippen LogP contribution in [-0.2, 0) is 9.59 Å². The summed E-state index contributed by atoms with van der Waals surface area (Å²) in [6, 6.07) is 12.7. The third kappa shape index (κ3) is 6.10. The monoisotopic (exact) mass is 490 g/mol.